The molecule has 1 aliphatic carbocycles. The molecule has 0 amide bonds. The molecule has 20 heavy (non-hydrogen) atoms. The van der Waals surface area contributed by atoms with Gasteiger partial charge in [-0.2, -0.15) is 4.37 Å². The van der Waals surface area contributed by atoms with E-state index in [2.05, 4.69) is 37.9 Å². The molecule has 0 aliphatic heterocycles. The predicted molar refractivity (Wildman–Crippen MR) is 83.7 cm³/mol. The molecule has 4 nitrogen and oxygen atoms in total. The lowest BCUT2D eigenvalue weighted by Gasteiger charge is -1.98. The quantitative estimate of drug-likeness (QED) is 0.781. The van der Waals surface area contributed by atoms with Gasteiger partial charge in [-0.25, -0.2) is 9.97 Å². The molecule has 4 rings (SSSR count). The average molecular weight is 302 g/mol. The van der Waals surface area contributed by atoms with Gasteiger partial charge in [0, 0.05) is 30.4 Å². The molecule has 1 aromatic carbocycles. The standard InChI is InChI=1S/C14H14N4S2/c1-2-4-11-10(3-1)16-12(19-11)7-8-15-14-17-13(18-20-14)9-5-6-9/h1-4,9H,5-8H2,(H,15,17,18). The second-order valence-electron chi connectivity index (χ2n) is 4.98. The predicted octanol–water partition coefficient (Wildman–Crippen LogP) is 3.68. The number of benzene rings is 1. The van der Waals surface area contributed by atoms with E-state index in [-0.39, 0.29) is 0 Å². The number of aromatic nitrogens is 3. The minimum absolute atomic E-state index is 0.631. The van der Waals surface area contributed by atoms with Crippen LogP contribution in [0.15, 0.2) is 24.3 Å². The first-order valence-corrected chi connectivity index (χ1v) is 8.39. The lowest BCUT2D eigenvalue weighted by molar-refractivity contribution is 0.965. The molecule has 0 bridgehead atoms. The molecule has 6 heteroatoms. The summed E-state index contributed by atoms with van der Waals surface area (Å²) in [6, 6.07) is 8.28. The van der Waals surface area contributed by atoms with E-state index >= 15 is 0 Å². The fourth-order valence-corrected chi connectivity index (χ4v) is 3.75. The van der Waals surface area contributed by atoms with Crippen LogP contribution < -0.4 is 5.32 Å². The van der Waals surface area contributed by atoms with Crippen molar-refractivity contribution in [3.8, 4) is 0 Å². The SMILES string of the molecule is c1ccc2sc(CCNc3nc(C4CC4)ns3)nc2c1. The van der Waals surface area contributed by atoms with E-state index in [9.17, 15) is 0 Å². The van der Waals surface area contributed by atoms with Gasteiger partial charge in [-0.15, -0.1) is 11.3 Å². The van der Waals surface area contributed by atoms with Gasteiger partial charge in [-0.1, -0.05) is 12.1 Å². The molecule has 2 heterocycles. The normalized spacial score (nSPS) is 14.8. The van der Waals surface area contributed by atoms with Crippen LogP contribution in [0.25, 0.3) is 10.2 Å². The fraction of sp³-hybridized carbons (Fsp3) is 0.357. The summed E-state index contributed by atoms with van der Waals surface area (Å²) >= 11 is 3.24. The average Bonchev–Trinajstić information content (AvgIpc) is 3.06. The van der Waals surface area contributed by atoms with Crippen LogP contribution in [-0.2, 0) is 6.42 Å². The van der Waals surface area contributed by atoms with Crippen molar-refractivity contribution >= 4 is 38.2 Å². The number of para-hydroxylation sites is 1. The molecule has 1 fully saturated rings. The fourth-order valence-electron chi connectivity index (χ4n) is 2.12. The van der Waals surface area contributed by atoms with E-state index in [0.29, 0.717) is 5.92 Å². The maximum absolute atomic E-state index is 4.63. The summed E-state index contributed by atoms with van der Waals surface area (Å²) < 4.78 is 5.65. The first-order valence-electron chi connectivity index (χ1n) is 6.80. The number of rotatable bonds is 5. The van der Waals surface area contributed by atoms with Crippen molar-refractivity contribution < 1.29 is 0 Å². The minimum atomic E-state index is 0.631. The van der Waals surface area contributed by atoms with E-state index in [1.54, 1.807) is 11.3 Å². The highest BCUT2D eigenvalue weighted by molar-refractivity contribution is 7.18. The van der Waals surface area contributed by atoms with Crippen molar-refractivity contribution in [2.75, 3.05) is 11.9 Å². The largest absolute Gasteiger partial charge is 0.360 e. The third-order valence-electron chi connectivity index (χ3n) is 3.34. The molecule has 1 N–H and O–H groups in total. The van der Waals surface area contributed by atoms with E-state index in [1.165, 1.54) is 34.1 Å². The topological polar surface area (TPSA) is 50.7 Å². The van der Waals surface area contributed by atoms with Crippen LogP contribution in [0.3, 0.4) is 0 Å². The molecule has 3 aromatic rings. The van der Waals surface area contributed by atoms with Crippen LogP contribution in [0.5, 0.6) is 0 Å². The Morgan fingerprint density at radius 3 is 2.95 bits per heavy atom. The number of nitrogens with one attached hydrogen (secondary N) is 1. The molecule has 0 saturated heterocycles. The smallest absolute Gasteiger partial charge is 0.202 e. The first kappa shape index (κ1) is 12.2. The molecule has 1 aliphatic rings. The van der Waals surface area contributed by atoms with Gasteiger partial charge in [0.15, 0.2) is 0 Å². The molecule has 0 radical (unpaired) electrons. The van der Waals surface area contributed by atoms with E-state index in [1.807, 2.05) is 6.07 Å². The van der Waals surface area contributed by atoms with E-state index < -0.39 is 0 Å². The highest BCUT2D eigenvalue weighted by Crippen LogP contribution is 2.39. The minimum Gasteiger partial charge on any atom is -0.360 e. The summed E-state index contributed by atoms with van der Waals surface area (Å²) in [5.74, 6) is 1.66. The van der Waals surface area contributed by atoms with Gasteiger partial charge >= 0.3 is 0 Å². The summed E-state index contributed by atoms with van der Waals surface area (Å²) in [7, 11) is 0. The molecular weight excluding hydrogens is 288 g/mol. The summed E-state index contributed by atoms with van der Waals surface area (Å²) in [5.41, 5.74) is 1.10. The van der Waals surface area contributed by atoms with Crippen molar-refractivity contribution in [2.45, 2.75) is 25.2 Å². The Bertz CT molecular complexity index is 696. The highest BCUT2D eigenvalue weighted by Gasteiger charge is 2.27. The highest BCUT2D eigenvalue weighted by atomic mass is 32.1. The summed E-state index contributed by atoms with van der Waals surface area (Å²) in [6.45, 7) is 0.860. The Hall–Kier alpha value is -1.53. The van der Waals surface area contributed by atoms with Gasteiger partial charge in [-0.05, 0) is 25.0 Å². The van der Waals surface area contributed by atoms with Gasteiger partial charge in [0.1, 0.15) is 5.82 Å². The molecule has 2 aromatic heterocycles. The van der Waals surface area contributed by atoms with Crippen LogP contribution >= 0.6 is 22.9 Å². The second-order valence-corrected chi connectivity index (χ2v) is 6.85. The van der Waals surface area contributed by atoms with Gasteiger partial charge in [0.25, 0.3) is 0 Å². The lowest BCUT2D eigenvalue weighted by atomic mass is 10.3. The monoisotopic (exact) mass is 302 g/mol. The Kier molecular flexibility index (Phi) is 3.12. The van der Waals surface area contributed by atoms with Crippen molar-refractivity contribution in [1.29, 1.82) is 0 Å². The van der Waals surface area contributed by atoms with E-state index in [4.69, 9.17) is 0 Å². The van der Waals surface area contributed by atoms with E-state index in [0.717, 1.165) is 29.4 Å². The third-order valence-corrected chi connectivity index (χ3v) is 5.12. The number of thiazole rings is 1. The van der Waals surface area contributed by atoms with Crippen molar-refractivity contribution in [3.05, 3.63) is 35.1 Å². The first-order chi connectivity index (χ1) is 9.88. The lowest BCUT2D eigenvalue weighted by Crippen LogP contribution is -2.04. The van der Waals surface area contributed by atoms with Gasteiger partial charge in [0.05, 0.1) is 15.2 Å². The third kappa shape index (κ3) is 2.53. The molecule has 0 unspecified atom stereocenters. The summed E-state index contributed by atoms with van der Waals surface area (Å²) in [4.78, 5) is 9.16. The van der Waals surface area contributed by atoms with Crippen LogP contribution in [0, 0.1) is 0 Å². The number of hydrogen-bond donors (Lipinski definition) is 1. The van der Waals surface area contributed by atoms with Gasteiger partial charge < -0.3 is 5.32 Å². The van der Waals surface area contributed by atoms with Crippen LogP contribution in [0.1, 0.15) is 29.6 Å². The van der Waals surface area contributed by atoms with Crippen LogP contribution in [-0.4, -0.2) is 20.9 Å². The van der Waals surface area contributed by atoms with Crippen LogP contribution in [0.2, 0.25) is 0 Å². The molecule has 102 valence electrons. The molecule has 0 atom stereocenters. The maximum atomic E-state index is 4.63. The Morgan fingerprint density at radius 2 is 2.10 bits per heavy atom. The molecule has 1 saturated carbocycles. The molecular formula is C14H14N4S2. The zero-order valence-corrected chi connectivity index (χ0v) is 12.5. The zero-order valence-electron chi connectivity index (χ0n) is 10.9. The number of hydrogen-bond acceptors (Lipinski definition) is 6. The number of nitrogens with zero attached hydrogens (tertiary/aromatic N) is 3. The summed E-state index contributed by atoms with van der Waals surface area (Å²) in [6.07, 6.45) is 3.43. The Morgan fingerprint density at radius 1 is 1.20 bits per heavy atom. The maximum Gasteiger partial charge on any atom is 0.202 e. The Labute approximate surface area is 125 Å². The zero-order chi connectivity index (χ0) is 13.4. The van der Waals surface area contributed by atoms with Crippen molar-refractivity contribution in [3.63, 3.8) is 0 Å². The van der Waals surface area contributed by atoms with Crippen molar-refractivity contribution in [1.82, 2.24) is 14.3 Å². The Balaban J connectivity index is 1.37. The number of fused-ring (bicyclic) bond motifs is 1. The van der Waals surface area contributed by atoms with Gasteiger partial charge in [-0.3, -0.25) is 0 Å². The van der Waals surface area contributed by atoms with Crippen LogP contribution in [0.4, 0.5) is 5.13 Å². The van der Waals surface area contributed by atoms with Crippen molar-refractivity contribution in [2.24, 2.45) is 0 Å². The summed E-state index contributed by atoms with van der Waals surface area (Å²) in [5, 5.41) is 5.46. The number of anilines is 1. The van der Waals surface area contributed by atoms with Gasteiger partial charge in [0.2, 0.25) is 5.13 Å². The second kappa shape index (κ2) is 5.10. The molecule has 0 spiro atoms.